The van der Waals surface area contributed by atoms with Crippen LogP contribution in [0, 0.1) is 51.2 Å². The Balaban J connectivity index is 0.000000168. The van der Waals surface area contributed by atoms with E-state index in [0.29, 0.717) is 43.1 Å². The van der Waals surface area contributed by atoms with Crippen LogP contribution in [0.15, 0.2) is 24.5 Å². The van der Waals surface area contributed by atoms with E-state index in [2.05, 4.69) is 58.7 Å². The van der Waals surface area contributed by atoms with E-state index in [0.717, 1.165) is 62.7 Å². The second kappa shape index (κ2) is 19.9. The summed E-state index contributed by atoms with van der Waals surface area (Å²) in [6, 6.07) is 4.17. The van der Waals surface area contributed by atoms with Gasteiger partial charge < -0.3 is 24.1 Å². The van der Waals surface area contributed by atoms with Gasteiger partial charge in [-0.2, -0.15) is 0 Å². The number of carbonyl (C=O) groups is 4. The van der Waals surface area contributed by atoms with Gasteiger partial charge in [0.2, 0.25) is 6.10 Å². The molecule has 10 heteroatoms. The molecule has 3 atom stereocenters. The van der Waals surface area contributed by atoms with Crippen molar-refractivity contribution in [2.75, 3.05) is 6.61 Å². The summed E-state index contributed by atoms with van der Waals surface area (Å²) in [4.78, 5) is 51.5. The minimum Gasteiger partial charge on any atom is -0.463 e. The van der Waals surface area contributed by atoms with Crippen molar-refractivity contribution >= 4 is 23.9 Å². The van der Waals surface area contributed by atoms with Crippen LogP contribution in [0.3, 0.4) is 0 Å². The van der Waals surface area contributed by atoms with E-state index in [1.54, 1.807) is 13.8 Å². The standard InChI is InChI=1S/C19H32O2.C16H26O3.C10H15N.C10H16O4/c1-6-17(2,3)16(20)21-18(4,5)19-10-13-7-14(11-19)9-15(8-13)12-19;1-4-14(2,3)13(17)19-16-8-11-5-12(9-16)7-15(18,6-11)10-16;1-4-10(2,3)9-5-7-11-8-6-9;1-4-10(2,3)9(12)14-7-5-6-13-8(7)11/h13-15H,6-12H2,1-5H3;11-12,18H,4-10H2,1-3H3;5-8H,4H2,1-3H3;7H,4-6H2,1-3H3. The third-order valence-corrected chi connectivity index (χ3v) is 17.7. The van der Waals surface area contributed by atoms with Gasteiger partial charge in [-0.1, -0.05) is 41.5 Å². The summed E-state index contributed by atoms with van der Waals surface area (Å²) in [6.07, 6.45) is 20.8. The quantitative estimate of drug-likeness (QED) is 0.159. The lowest BCUT2D eigenvalue weighted by atomic mass is 9.46. The van der Waals surface area contributed by atoms with Crippen LogP contribution in [-0.2, 0) is 43.5 Å². The molecule has 10 rings (SSSR count). The Hall–Kier alpha value is -3.01. The van der Waals surface area contributed by atoms with Gasteiger partial charge in [-0.15, -0.1) is 0 Å². The van der Waals surface area contributed by atoms with Gasteiger partial charge in [-0.25, -0.2) is 4.79 Å². The van der Waals surface area contributed by atoms with Gasteiger partial charge in [0.15, 0.2) is 0 Å². The lowest BCUT2D eigenvalue weighted by Crippen LogP contribution is -2.61. The maximum Gasteiger partial charge on any atom is 0.347 e. The van der Waals surface area contributed by atoms with E-state index in [4.69, 9.17) is 18.9 Å². The molecule has 1 N–H and O–H groups in total. The topological polar surface area (TPSA) is 138 Å². The zero-order chi connectivity index (χ0) is 48.4. The molecule has 1 aromatic heterocycles. The predicted octanol–water partition coefficient (Wildman–Crippen LogP) is 12.1. The molecule has 0 radical (unpaired) electrons. The highest BCUT2D eigenvalue weighted by atomic mass is 16.6. The van der Waals surface area contributed by atoms with E-state index in [-0.39, 0.29) is 39.9 Å². The molecule has 0 aromatic carbocycles. The molecule has 10 nitrogen and oxygen atoms in total. The fourth-order valence-corrected chi connectivity index (χ4v) is 12.2. The van der Waals surface area contributed by atoms with Crippen LogP contribution in [0.5, 0.6) is 0 Å². The van der Waals surface area contributed by atoms with Crippen LogP contribution < -0.4 is 0 Å². The van der Waals surface area contributed by atoms with Crippen molar-refractivity contribution in [1.82, 2.24) is 4.98 Å². The Bertz CT molecular complexity index is 1760. The molecule has 1 aliphatic heterocycles. The molecule has 1 aromatic rings. The van der Waals surface area contributed by atoms with Gasteiger partial charge in [0.25, 0.3) is 0 Å². The molecular formula is C55H89NO9. The van der Waals surface area contributed by atoms with E-state index >= 15 is 0 Å². The maximum absolute atomic E-state index is 12.6. The number of ether oxygens (including phenoxy) is 4. The summed E-state index contributed by atoms with van der Waals surface area (Å²) in [6.45, 7) is 28.9. The van der Waals surface area contributed by atoms with Crippen LogP contribution >= 0.6 is 0 Å². The highest BCUT2D eigenvalue weighted by molar-refractivity contribution is 5.82. The zero-order valence-electron chi connectivity index (χ0n) is 43.2. The molecule has 0 amide bonds. The minimum atomic E-state index is -0.687. The molecule has 8 aliphatic carbocycles. The van der Waals surface area contributed by atoms with Gasteiger partial charge >= 0.3 is 23.9 Å². The summed E-state index contributed by atoms with van der Waals surface area (Å²) >= 11 is 0. The van der Waals surface area contributed by atoms with Crippen LogP contribution in [0.25, 0.3) is 0 Å². The number of rotatable bonds is 12. The second-order valence-corrected chi connectivity index (χ2v) is 24.9. The fourth-order valence-electron chi connectivity index (χ4n) is 12.2. The number of hydrogen-bond acceptors (Lipinski definition) is 10. The lowest BCUT2D eigenvalue weighted by Gasteiger charge is -2.61. The highest BCUT2D eigenvalue weighted by Crippen LogP contribution is 2.64. The molecule has 1 saturated heterocycles. The van der Waals surface area contributed by atoms with E-state index in [1.165, 1.54) is 50.5 Å². The van der Waals surface area contributed by atoms with Crippen molar-refractivity contribution in [3.63, 3.8) is 0 Å². The average Bonchev–Trinajstić information content (AvgIpc) is 3.63. The first-order valence-corrected chi connectivity index (χ1v) is 25.5. The molecule has 3 unspecified atom stereocenters. The molecule has 368 valence electrons. The van der Waals surface area contributed by atoms with Crippen LogP contribution in [-0.4, -0.2) is 63.5 Å². The Labute approximate surface area is 393 Å². The van der Waals surface area contributed by atoms with Crippen molar-refractivity contribution in [3.05, 3.63) is 30.1 Å². The van der Waals surface area contributed by atoms with E-state index in [9.17, 15) is 24.3 Å². The predicted molar refractivity (Wildman–Crippen MR) is 254 cm³/mol. The van der Waals surface area contributed by atoms with Gasteiger partial charge in [0, 0.05) is 30.7 Å². The van der Waals surface area contributed by atoms with Crippen LogP contribution in [0.4, 0.5) is 0 Å². The highest BCUT2D eigenvalue weighted by Gasteiger charge is 2.61. The third-order valence-electron chi connectivity index (χ3n) is 17.7. The van der Waals surface area contributed by atoms with E-state index in [1.807, 2.05) is 53.9 Å². The Morgan fingerprint density at radius 3 is 1.55 bits per heavy atom. The zero-order valence-corrected chi connectivity index (χ0v) is 43.2. The van der Waals surface area contributed by atoms with Gasteiger partial charge in [0.05, 0.1) is 28.5 Å². The summed E-state index contributed by atoms with van der Waals surface area (Å²) in [5.74, 6) is 2.96. The maximum atomic E-state index is 12.6. The largest absolute Gasteiger partial charge is 0.463 e. The number of aromatic nitrogens is 1. The van der Waals surface area contributed by atoms with Crippen molar-refractivity contribution in [1.29, 1.82) is 0 Å². The van der Waals surface area contributed by atoms with Crippen molar-refractivity contribution in [2.24, 2.45) is 51.2 Å². The summed E-state index contributed by atoms with van der Waals surface area (Å²) in [7, 11) is 0. The number of carbonyl (C=O) groups excluding carboxylic acids is 4. The van der Waals surface area contributed by atoms with Gasteiger partial charge in [-0.3, -0.25) is 19.4 Å². The molecule has 8 saturated carbocycles. The number of cyclic esters (lactones) is 1. The SMILES string of the molecule is CCC(C)(C)C(=O)OC(C)(C)C12CC3CC(CC(C3)C1)C2.CCC(C)(C)C(=O)OC12CC3CC(CC(O)(C3)C1)C2.CCC(C)(C)C(=O)OC1CCOC1=O.CCC(C)(C)c1ccncc1. The molecule has 9 aliphatic rings. The molecular weight excluding hydrogens is 819 g/mol. The Kier molecular flexibility index (Phi) is 16.2. The first kappa shape index (κ1) is 53.0. The van der Waals surface area contributed by atoms with Crippen molar-refractivity contribution in [2.45, 2.75) is 234 Å². The third kappa shape index (κ3) is 12.4. The molecule has 65 heavy (non-hydrogen) atoms. The second-order valence-electron chi connectivity index (χ2n) is 24.9. The molecule has 2 heterocycles. The molecule has 8 bridgehead atoms. The summed E-state index contributed by atoms with van der Waals surface area (Å²) in [5.41, 5.74) is -0.608. The van der Waals surface area contributed by atoms with E-state index < -0.39 is 28.5 Å². The first-order chi connectivity index (χ1) is 30.1. The number of pyridine rings is 1. The normalized spacial score (nSPS) is 32.1. The number of aliphatic hydroxyl groups is 1. The monoisotopic (exact) mass is 908 g/mol. The van der Waals surface area contributed by atoms with Gasteiger partial charge in [0.1, 0.15) is 11.2 Å². The lowest BCUT2D eigenvalue weighted by molar-refractivity contribution is -0.225. The molecule has 0 spiro atoms. The number of nitrogens with zero attached hydrogens (tertiary/aromatic N) is 1. The Morgan fingerprint density at radius 1 is 0.662 bits per heavy atom. The summed E-state index contributed by atoms with van der Waals surface area (Å²) in [5, 5.41) is 10.6. The molecule has 9 fully saturated rings. The Morgan fingerprint density at radius 2 is 1.12 bits per heavy atom. The van der Waals surface area contributed by atoms with Crippen molar-refractivity contribution < 1.29 is 43.2 Å². The minimum absolute atomic E-state index is 0.00857. The van der Waals surface area contributed by atoms with Crippen LogP contribution in [0.1, 0.15) is 212 Å². The summed E-state index contributed by atoms with van der Waals surface area (Å²) < 4.78 is 21.9. The fraction of sp³-hybridized carbons (Fsp3) is 0.836. The van der Waals surface area contributed by atoms with Gasteiger partial charge in [-0.05, 0) is 204 Å². The van der Waals surface area contributed by atoms with Crippen molar-refractivity contribution in [3.8, 4) is 0 Å². The number of esters is 4. The first-order valence-electron chi connectivity index (χ1n) is 25.5. The smallest absolute Gasteiger partial charge is 0.347 e. The van der Waals surface area contributed by atoms with Crippen LogP contribution in [0.2, 0.25) is 0 Å². The number of hydrogen-bond donors (Lipinski definition) is 1. The average molecular weight is 908 g/mol.